The van der Waals surface area contributed by atoms with Gasteiger partial charge in [-0.2, -0.15) is 13.2 Å². The van der Waals surface area contributed by atoms with E-state index < -0.39 is 23.5 Å². The van der Waals surface area contributed by atoms with Gasteiger partial charge in [0.2, 0.25) is 0 Å². The van der Waals surface area contributed by atoms with Gasteiger partial charge in [0.15, 0.2) is 0 Å². The molecule has 0 radical (unpaired) electrons. The Labute approximate surface area is 262 Å². The Morgan fingerprint density at radius 1 is 0.932 bits per heavy atom. The number of halogens is 3. The summed E-state index contributed by atoms with van der Waals surface area (Å²) in [5.74, 6) is 1.83. The highest BCUT2D eigenvalue weighted by atomic mass is 19.4. The molecule has 0 fully saturated rings. The fourth-order valence-electron chi connectivity index (χ4n) is 6.44. The van der Waals surface area contributed by atoms with E-state index in [1.807, 2.05) is 20.8 Å². The molecule has 0 saturated carbocycles. The molecular formula is C37H53F3O4. The van der Waals surface area contributed by atoms with Gasteiger partial charge in [-0.1, -0.05) is 72.6 Å². The second kappa shape index (κ2) is 15.1. The van der Waals surface area contributed by atoms with Crippen molar-refractivity contribution in [3.05, 3.63) is 51.6 Å². The Morgan fingerprint density at radius 2 is 1.52 bits per heavy atom. The number of alkyl halides is 3. The number of fused-ring (bicyclic) bond motifs is 1. The summed E-state index contributed by atoms with van der Waals surface area (Å²) < 4.78 is 51.4. The molecule has 3 atom stereocenters. The maximum Gasteiger partial charge on any atom is 0.416 e. The van der Waals surface area contributed by atoms with Gasteiger partial charge in [0, 0.05) is 5.56 Å². The molecule has 2 aromatic rings. The first-order valence-electron chi connectivity index (χ1n) is 16.5. The Hall–Kier alpha value is -2.70. The average Bonchev–Trinajstić information content (AvgIpc) is 2.93. The van der Waals surface area contributed by atoms with Crippen LogP contribution >= 0.6 is 0 Å². The normalized spacial score (nSPS) is 18.1. The van der Waals surface area contributed by atoms with Gasteiger partial charge < -0.3 is 14.6 Å². The molecule has 7 heteroatoms. The fourth-order valence-corrected chi connectivity index (χ4v) is 6.44. The molecule has 1 aliphatic rings. The van der Waals surface area contributed by atoms with Gasteiger partial charge in [-0.25, -0.2) is 4.79 Å². The monoisotopic (exact) mass is 618 g/mol. The van der Waals surface area contributed by atoms with Gasteiger partial charge >= 0.3 is 12.1 Å². The summed E-state index contributed by atoms with van der Waals surface area (Å²) in [6.07, 6.45) is 8.19. The van der Waals surface area contributed by atoms with Crippen molar-refractivity contribution in [2.24, 2.45) is 17.8 Å². The quantitative estimate of drug-likeness (QED) is 0.169. The van der Waals surface area contributed by atoms with Crippen molar-refractivity contribution in [1.29, 1.82) is 0 Å². The van der Waals surface area contributed by atoms with E-state index in [0.717, 1.165) is 77.7 Å². The van der Waals surface area contributed by atoms with Crippen molar-refractivity contribution in [3.63, 3.8) is 0 Å². The highest BCUT2D eigenvalue weighted by Gasteiger charge is 2.35. The number of hydrogen-bond acceptors (Lipinski definition) is 4. The number of phenols is 1. The molecule has 0 bridgehead atoms. The van der Waals surface area contributed by atoms with Crippen LogP contribution in [-0.4, -0.2) is 16.7 Å². The Morgan fingerprint density at radius 3 is 2.09 bits per heavy atom. The number of ether oxygens (including phenoxy) is 2. The maximum absolute atomic E-state index is 13.0. The van der Waals surface area contributed by atoms with Gasteiger partial charge in [-0.05, 0) is 106 Å². The molecule has 0 aromatic heterocycles. The summed E-state index contributed by atoms with van der Waals surface area (Å²) in [7, 11) is 0. The predicted molar refractivity (Wildman–Crippen MR) is 171 cm³/mol. The Kier molecular flexibility index (Phi) is 12.2. The van der Waals surface area contributed by atoms with Gasteiger partial charge in [0.05, 0.1) is 5.56 Å². The van der Waals surface area contributed by atoms with Crippen LogP contribution < -0.4 is 9.47 Å². The molecule has 0 saturated heterocycles. The van der Waals surface area contributed by atoms with Crippen LogP contribution in [-0.2, 0) is 12.6 Å². The van der Waals surface area contributed by atoms with Crippen molar-refractivity contribution in [1.82, 2.24) is 0 Å². The van der Waals surface area contributed by atoms with Gasteiger partial charge in [-0.3, -0.25) is 0 Å². The number of carbonyl (C=O) groups is 1. The van der Waals surface area contributed by atoms with E-state index in [2.05, 4.69) is 34.6 Å². The number of rotatable bonds is 14. The number of esters is 1. The lowest BCUT2D eigenvalue weighted by molar-refractivity contribution is -0.137. The first-order chi connectivity index (χ1) is 20.5. The molecule has 246 valence electrons. The minimum Gasteiger partial charge on any atom is -0.507 e. The molecule has 1 heterocycles. The zero-order valence-corrected chi connectivity index (χ0v) is 28.0. The second-order valence-electron chi connectivity index (χ2n) is 14.0. The van der Waals surface area contributed by atoms with Gasteiger partial charge in [-0.15, -0.1) is 0 Å². The van der Waals surface area contributed by atoms with E-state index in [-0.39, 0.29) is 11.2 Å². The summed E-state index contributed by atoms with van der Waals surface area (Å²) in [6.45, 7) is 17.2. The van der Waals surface area contributed by atoms with Crippen molar-refractivity contribution in [2.45, 2.75) is 138 Å². The van der Waals surface area contributed by atoms with Crippen LogP contribution in [0.25, 0.3) is 0 Å². The van der Waals surface area contributed by atoms with E-state index in [0.29, 0.717) is 17.7 Å². The molecule has 4 nitrogen and oxygen atoms in total. The van der Waals surface area contributed by atoms with E-state index in [4.69, 9.17) is 9.47 Å². The zero-order valence-electron chi connectivity index (χ0n) is 28.0. The summed E-state index contributed by atoms with van der Waals surface area (Å²) >= 11 is 0. The third-order valence-corrected chi connectivity index (χ3v) is 9.58. The summed E-state index contributed by atoms with van der Waals surface area (Å²) in [5.41, 5.74) is 1.75. The fraction of sp³-hybridized carbons (Fsp3) is 0.649. The minimum atomic E-state index is -4.62. The molecular weight excluding hydrogens is 565 g/mol. The highest BCUT2D eigenvalue weighted by Crippen LogP contribution is 2.45. The van der Waals surface area contributed by atoms with E-state index in [1.165, 1.54) is 44.9 Å². The third kappa shape index (κ3) is 9.40. The maximum atomic E-state index is 13.0. The number of aromatic hydroxyl groups is 1. The Balaban J connectivity index is 1.58. The SMILES string of the molecule is Cc1c(C)c2c(c(C)c1OC(=O)c1ccc(C(F)(F)F)cc1O)CCC(C)(CCCC(C)CCCC(C)CCCC(C)C)O2. The molecule has 44 heavy (non-hydrogen) atoms. The first-order valence-corrected chi connectivity index (χ1v) is 16.5. The third-order valence-electron chi connectivity index (χ3n) is 9.58. The van der Waals surface area contributed by atoms with Gasteiger partial charge in [0.1, 0.15) is 28.4 Å². The van der Waals surface area contributed by atoms with Crippen LogP contribution in [0.4, 0.5) is 13.2 Å². The van der Waals surface area contributed by atoms with Crippen LogP contribution in [0.3, 0.4) is 0 Å². The molecule has 1 aliphatic heterocycles. The summed E-state index contributed by atoms with van der Waals surface area (Å²) in [5, 5.41) is 10.1. The van der Waals surface area contributed by atoms with Crippen molar-refractivity contribution in [2.75, 3.05) is 0 Å². The smallest absolute Gasteiger partial charge is 0.416 e. The van der Waals surface area contributed by atoms with Crippen molar-refractivity contribution >= 4 is 5.97 Å². The average molecular weight is 619 g/mol. The lowest BCUT2D eigenvalue weighted by atomic mass is 9.83. The van der Waals surface area contributed by atoms with Crippen molar-refractivity contribution in [3.8, 4) is 17.2 Å². The standard InChI is InChI=1S/C37H53F3O4/c1-23(2)12-9-13-24(3)14-10-15-25(4)16-11-20-36(8)21-19-30-28(7)33(26(5)27(6)34(30)44-36)43-35(42)31-18-17-29(22-32(31)41)37(38,39)40/h17-18,22-25,41H,9-16,19-21H2,1-8H3. The summed E-state index contributed by atoms with van der Waals surface area (Å²) in [6, 6.07) is 2.25. The van der Waals surface area contributed by atoms with E-state index >= 15 is 0 Å². The topological polar surface area (TPSA) is 55.8 Å². The molecule has 3 rings (SSSR count). The predicted octanol–water partition coefficient (Wildman–Crippen LogP) is 11.1. The lowest BCUT2D eigenvalue weighted by Crippen LogP contribution is -2.37. The molecule has 0 amide bonds. The molecule has 1 N–H and O–H groups in total. The van der Waals surface area contributed by atoms with Crippen LogP contribution in [0, 0.1) is 38.5 Å². The molecule has 0 aliphatic carbocycles. The molecule has 0 spiro atoms. The zero-order chi connectivity index (χ0) is 32.8. The largest absolute Gasteiger partial charge is 0.507 e. The van der Waals surface area contributed by atoms with Crippen LogP contribution in [0.15, 0.2) is 18.2 Å². The summed E-state index contributed by atoms with van der Waals surface area (Å²) in [4.78, 5) is 12.9. The van der Waals surface area contributed by atoms with Crippen molar-refractivity contribution < 1.29 is 32.5 Å². The van der Waals surface area contributed by atoms with Crippen LogP contribution in [0.5, 0.6) is 17.2 Å². The lowest BCUT2D eigenvalue weighted by Gasteiger charge is -2.38. The Bertz CT molecular complexity index is 1280. The highest BCUT2D eigenvalue weighted by molar-refractivity contribution is 5.94. The molecule has 3 unspecified atom stereocenters. The van der Waals surface area contributed by atoms with E-state index in [1.54, 1.807) is 0 Å². The van der Waals surface area contributed by atoms with Gasteiger partial charge in [0.25, 0.3) is 0 Å². The second-order valence-corrected chi connectivity index (χ2v) is 14.0. The van der Waals surface area contributed by atoms with Crippen LogP contribution in [0.1, 0.15) is 137 Å². The first kappa shape index (κ1) is 35.8. The van der Waals surface area contributed by atoms with E-state index in [9.17, 15) is 23.1 Å². The number of phenolic OH excluding ortho intramolecular Hbond substituents is 1. The number of carbonyl (C=O) groups excluding carboxylic acids is 1. The van der Waals surface area contributed by atoms with Crippen LogP contribution in [0.2, 0.25) is 0 Å². The molecule has 2 aromatic carbocycles. The minimum absolute atomic E-state index is 0.272. The number of hydrogen-bond donors (Lipinski definition) is 1. The number of benzene rings is 2.